The van der Waals surface area contributed by atoms with E-state index < -0.39 is 5.82 Å². The van der Waals surface area contributed by atoms with E-state index in [0.29, 0.717) is 0 Å². The van der Waals surface area contributed by atoms with Gasteiger partial charge in [-0.25, -0.2) is 4.39 Å². The maximum Gasteiger partial charge on any atom is 0.167 e. The summed E-state index contributed by atoms with van der Waals surface area (Å²) in [6, 6.07) is 2.11. The van der Waals surface area contributed by atoms with Crippen LogP contribution >= 0.6 is 23.2 Å². The van der Waals surface area contributed by atoms with Crippen LogP contribution in [0.15, 0.2) is 12.1 Å². The molecule has 1 aromatic carbocycles. The molecule has 0 heterocycles. The Morgan fingerprint density at radius 2 is 2.13 bits per heavy atom. The van der Waals surface area contributed by atoms with E-state index in [-0.39, 0.29) is 33.9 Å². The first kappa shape index (κ1) is 12.4. The van der Waals surface area contributed by atoms with Crippen LogP contribution in [0.2, 0.25) is 10.0 Å². The predicted octanol–water partition coefficient (Wildman–Crippen LogP) is 3.05. The lowest BCUT2D eigenvalue weighted by Gasteiger charge is -2.08. The Labute approximate surface area is 97.2 Å². The standard InChI is InChI=1S/C10H10Cl2FNO/c1-5(14)4-8(15)9-6(11)2-3-7(13)10(9)12/h2-3,5H,4,14H2,1H3. The summed E-state index contributed by atoms with van der Waals surface area (Å²) >= 11 is 11.4. The van der Waals surface area contributed by atoms with E-state index in [9.17, 15) is 9.18 Å². The molecule has 0 radical (unpaired) electrons. The van der Waals surface area contributed by atoms with Gasteiger partial charge in [-0.3, -0.25) is 4.79 Å². The Hall–Kier alpha value is -0.640. The number of hydrogen-bond acceptors (Lipinski definition) is 2. The Bertz CT molecular complexity index is 393. The molecule has 15 heavy (non-hydrogen) atoms. The van der Waals surface area contributed by atoms with Crippen molar-refractivity contribution < 1.29 is 9.18 Å². The number of Topliss-reactive ketones (excluding diaryl/α,β-unsaturated/α-hetero) is 1. The van der Waals surface area contributed by atoms with Crippen molar-refractivity contribution in [1.29, 1.82) is 0 Å². The molecular weight excluding hydrogens is 240 g/mol. The number of halogens is 3. The first-order chi connectivity index (χ1) is 6.93. The summed E-state index contributed by atoms with van der Waals surface area (Å²) in [5.41, 5.74) is 5.48. The average molecular weight is 250 g/mol. The lowest BCUT2D eigenvalue weighted by atomic mass is 10.0. The normalized spacial score (nSPS) is 12.6. The van der Waals surface area contributed by atoms with Crippen LogP contribution in [0, 0.1) is 5.82 Å². The SMILES string of the molecule is CC(N)CC(=O)c1c(Cl)ccc(F)c1Cl. The molecule has 0 aliphatic carbocycles. The van der Waals surface area contributed by atoms with Gasteiger partial charge in [0, 0.05) is 12.5 Å². The van der Waals surface area contributed by atoms with Crippen molar-refractivity contribution in [2.75, 3.05) is 0 Å². The topological polar surface area (TPSA) is 43.1 Å². The molecule has 82 valence electrons. The molecule has 2 N–H and O–H groups in total. The lowest BCUT2D eigenvalue weighted by molar-refractivity contribution is 0.0976. The summed E-state index contributed by atoms with van der Waals surface area (Å²) in [5.74, 6) is -1.01. The van der Waals surface area contributed by atoms with E-state index in [4.69, 9.17) is 28.9 Å². The van der Waals surface area contributed by atoms with Gasteiger partial charge in [0.05, 0.1) is 15.6 Å². The molecule has 0 saturated heterocycles. The minimum Gasteiger partial charge on any atom is -0.328 e. The van der Waals surface area contributed by atoms with Crippen LogP contribution in [-0.4, -0.2) is 11.8 Å². The average Bonchev–Trinajstić information content (AvgIpc) is 2.11. The van der Waals surface area contributed by atoms with Crippen molar-refractivity contribution in [2.24, 2.45) is 5.73 Å². The van der Waals surface area contributed by atoms with Gasteiger partial charge in [-0.15, -0.1) is 0 Å². The zero-order valence-corrected chi connectivity index (χ0v) is 9.57. The smallest absolute Gasteiger partial charge is 0.167 e. The van der Waals surface area contributed by atoms with Gasteiger partial charge < -0.3 is 5.73 Å². The minimum absolute atomic E-state index is 0.00985. The monoisotopic (exact) mass is 249 g/mol. The summed E-state index contributed by atoms with van der Waals surface area (Å²) in [6.45, 7) is 1.68. The van der Waals surface area contributed by atoms with Crippen LogP contribution in [0.5, 0.6) is 0 Å². The van der Waals surface area contributed by atoms with E-state index in [1.54, 1.807) is 6.92 Å². The number of nitrogens with two attached hydrogens (primary N) is 1. The van der Waals surface area contributed by atoms with E-state index >= 15 is 0 Å². The lowest BCUT2D eigenvalue weighted by Crippen LogP contribution is -2.20. The van der Waals surface area contributed by atoms with Crippen molar-refractivity contribution in [3.63, 3.8) is 0 Å². The van der Waals surface area contributed by atoms with Gasteiger partial charge in [0.2, 0.25) is 0 Å². The van der Waals surface area contributed by atoms with Crippen molar-refractivity contribution in [1.82, 2.24) is 0 Å². The zero-order valence-electron chi connectivity index (χ0n) is 8.06. The third-order valence-electron chi connectivity index (χ3n) is 1.83. The van der Waals surface area contributed by atoms with E-state index in [1.807, 2.05) is 0 Å². The van der Waals surface area contributed by atoms with E-state index in [0.717, 1.165) is 6.07 Å². The first-order valence-corrected chi connectivity index (χ1v) is 5.11. The molecule has 0 saturated carbocycles. The number of carbonyl (C=O) groups is 1. The van der Waals surface area contributed by atoms with Crippen molar-refractivity contribution >= 4 is 29.0 Å². The molecule has 1 unspecified atom stereocenters. The third-order valence-corrected chi connectivity index (χ3v) is 2.51. The molecule has 1 atom stereocenters. The Balaban J connectivity index is 3.13. The van der Waals surface area contributed by atoms with Crippen LogP contribution in [-0.2, 0) is 0 Å². The molecule has 0 aliphatic heterocycles. The molecule has 5 heteroatoms. The third kappa shape index (κ3) is 2.91. The maximum absolute atomic E-state index is 13.1. The van der Waals surface area contributed by atoms with Gasteiger partial charge in [0.15, 0.2) is 5.78 Å². The van der Waals surface area contributed by atoms with Crippen LogP contribution in [0.3, 0.4) is 0 Å². The summed E-state index contributed by atoms with van der Waals surface area (Å²) < 4.78 is 13.1. The molecule has 0 fully saturated rings. The zero-order chi connectivity index (χ0) is 11.6. The molecule has 0 aliphatic rings. The second-order valence-electron chi connectivity index (χ2n) is 3.32. The van der Waals surface area contributed by atoms with Crippen LogP contribution < -0.4 is 5.73 Å². The summed E-state index contributed by atoms with van der Waals surface area (Å²) in [6.07, 6.45) is 0.0862. The van der Waals surface area contributed by atoms with Gasteiger partial charge >= 0.3 is 0 Å². The van der Waals surface area contributed by atoms with Crippen LogP contribution in [0.1, 0.15) is 23.7 Å². The predicted molar refractivity (Wildman–Crippen MR) is 59.0 cm³/mol. The Kier molecular flexibility index (Phi) is 4.08. The molecule has 0 aromatic heterocycles. The maximum atomic E-state index is 13.1. The number of ketones is 1. The molecule has 1 aromatic rings. The van der Waals surface area contributed by atoms with Gasteiger partial charge in [-0.1, -0.05) is 23.2 Å². The Morgan fingerprint density at radius 1 is 1.53 bits per heavy atom. The first-order valence-electron chi connectivity index (χ1n) is 4.35. The van der Waals surface area contributed by atoms with Gasteiger partial charge in [-0.05, 0) is 19.1 Å². The van der Waals surface area contributed by atoms with Gasteiger partial charge in [-0.2, -0.15) is 0 Å². The molecule has 0 bridgehead atoms. The summed E-state index contributed by atoms with van der Waals surface area (Å²) in [4.78, 5) is 11.6. The summed E-state index contributed by atoms with van der Waals surface area (Å²) in [5, 5.41) is -0.0970. The number of hydrogen-bond donors (Lipinski definition) is 1. The highest BCUT2D eigenvalue weighted by atomic mass is 35.5. The quantitative estimate of drug-likeness (QED) is 0.661. The van der Waals surface area contributed by atoms with E-state index in [1.165, 1.54) is 6.07 Å². The number of carbonyl (C=O) groups excluding carboxylic acids is 1. The van der Waals surface area contributed by atoms with Crippen molar-refractivity contribution in [3.8, 4) is 0 Å². The van der Waals surface area contributed by atoms with Crippen molar-refractivity contribution in [3.05, 3.63) is 33.6 Å². The fourth-order valence-electron chi connectivity index (χ4n) is 1.18. The minimum atomic E-state index is -0.658. The fraction of sp³-hybridized carbons (Fsp3) is 0.300. The highest BCUT2D eigenvalue weighted by Gasteiger charge is 2.18. The molecule has 0 spiro atoms. The molecular formula is C10H10Cl2FNO. The van der Waals surface area contributed by atoms with Gasteiger partial charge in [0.1, 0.15) is 5.82 Å². The second kappa shape index (κ2) is 4.92. The highest BCUT2D eigenvalue weighted by Crippen LogP contribution is 2.28. The fourth-order valence-corrected chi connectivity index (χ4v) is 1.76. The largest absolute Gasteiger partial charge is 0.328 e. The molecule has 1 rings (SSSR count). The molecule has 0 amide bonds. The van der Waals surface area contributed by atoms with E-state index in [2.05, 4.69) is 0 Å². The second-order valence-corrected chi connectivity index (χ2v) is 4.11. The number of rotatable bonds is 3. The summed E-state index contributed by atoms with van der Waals surface area (Å²) in [7, 11) is 0. The van der Waals surface area contributed by atoms with Crippen LogP contribution in [0.25, 0.3) is 0 Å². The Morgan fingerprint density at radius 3 is 2.67 bits per heavy atom. The number of benzene rings is 1. The molecule has 2 nitrogen and oxygen atoms in total. The van der Waals surface area contributed by atoms with Crippen molar-refractivity contribution in [2.45, 2.75) is 19.4 Å². The highest BCUT2D eigenvalue weighted by molar-refractivity contribution is 6.39. The van der Waals surface area contributed by atoms with Gasteiger partial charge in [0.25, 0.3) is 0 Å². The van der Waals surface area contributed by atoms with Crippen LogP contribution in [0.4, 0.5) is 4.39 Å².